The highest BCUT2D eigenvalue weighted by Gasteiger charge is 2.26. The molecular weight excluding hydrogens is 286 g/mol. The van der Waals surface area contributed by atoms with Gasteiger partial charge in [0.15, 0.2) is 0 Å². The van der Waals surface area contributed by atoms with Gasteiger partial charge in [-0.3, -0.25) is 0 Å². The Morgan fingerprint density at radius 1 is 1.09 bits per heavy atom. The standard InChI is InChI=1S/C18H19N5/c1-12-16(14-10-20-17(21-11-14)13-8-9-13)22-23(18(12)19-2)15-6-4-3-5-7-15/h3-7,10-11,13,19H,8-9H2,1-2H3. The summed E-state index contributed by atoms with van der Waals surface area (Å²) in [7, 11) is 1.92. The highest BCUT2D eigenvalue weighted by Crippen LogP contribution is 2.38. The van der Waals surface area contributed by atoms with Gasteiger partial charge in [-0.15, -0.1) is 0 Å². The monoisotopic (exact) mass is 305 g/mol. The second kappa shape index (κ2) is 5.50. The number of rotatable bonds is 4. The zero-order chi connectivity index (χ0) is 15.8. The number of para-hydroxylation sites is 1. The Morgan fingerprint density at radius 2 is 1.78 bits per heavy atom. The third-order valence-corrected chi connectivity index (χ3v) is 4.25. The minimum absolute atomic E-state index is 0.569. The van der Waals surface area contributed by atoms with Crippen LogP contribution in [-0.2, 0) is 0 Å². The van der Waals surface area contributed by atoms with Gasteiger partial charge in [-0.2, -0.15) is 5.10 Å². The molecule has 0 unspecified atom stereocenters. The largest absolute Gasteiger partial charge is 0.373 e. The predicted octanol–water partition coefficient (Wildman–Crippen LogP) is 3.56. The van der Waals surface area contributed by atoms with E-state index in [0.29, 0.717) is 5.92 Å². The van der Waals surface area contributed by atoms with E-state index in [1.54, 1.807) is 0 Å². The Morgan fingerprint density at radius 3 is 2.39 bits per heavy atom. The minimum atomic E-state index is 0.569. The van der Waals surface area contributed by atoms with Crippen molar-refractivity contribution < 1.29 is 0 Å². The van der Waals surface area contributed by atoms with Crippen LogP contribution in [0, 0.1) is 6.92 Å². The molecule has 0 bridgehead atoms. The van der Waals surface area contributed by atoms with E-state index < -0.39 is 0 Å². The smallest absolute Gasteiger partial charge is 0.133 e. The van der Waals surface area contributed by atoms with E-state index in [9.17, 15) is 0 Å². The fourth-order valence-corrected chi connectivity index (χ4v) is 2.83. The van der Waals surface area contributed by atoms with Crippen LogP contribution in [0.2, 0.25) is 0 Å². The van der Waals surface area contributed by atoms with Crippen LogP contribution in [0.4, 0.5) is 5.82 Å². The average molecular weight is 305 g/mol. The molecule has 2 heterocycles. The van der Waals surface area contributed by atoms with Gasteiger partial charge in [0.05, 0.1) is 5.69 Å². The maximum Gasteiger partial charge on any atom is 0.133 e. The third kappa shape index (κ3) is 2.48. The summed E-state index contributed by atoms with van der Waals surface area (Å²) in [5.41, 5.74) is 4.00. The van der Waals surface area contributed by atoms with Gasteiger partial charge in [0, 0.05) is 36.5 Å². The molecule has 0 amide bonds. The van der Waals surface area contributed by atoms with E-state index in [1.165, 1.54) is 12.8 Å². The molecule has 1 fully saturated rings. The van der Waals surface area contributed by atoms with Crippen LogP contribution >= 0.6 is 0 Å². The summed E-state index contributed by atoms with van der Waals surface area (Å²) in [6, 6.07) is 10.1. The fourth-order valence-electron chi connectivity index (χ4n) is 2.83. The molecule has 4 rings (SSSR count). The van der Waals surface area contributed by atoms with Crippen LogP contribution in [-0.4, -0.2) is 26.8 Å². The van der Waals surface area contributed by atoms with Crippen molar-refractivity contribution in [3.05, 3.63) is 54.1 Å². The molecule has 1 saturated carbocycles. The van der Waals surface area contributed by atoms with Gasteiger partial charge in [-0.1, -0.05) is 18.2 Å². The number of hydrogen-bond donors (Lipinski definition) is 1. The maximum absolute atomic E-state index is 4.79. The first-order valence-corrected chi connectivity index (χ1v) is 7.93. The molecular formula is C18H19N5. The van der Waals surface area contributed by atoms with Gasteiger partial charge in [0.25, 0.3) is 0 Å². The average Bonchev–Trinajstić information content (AvgIpc) is 3.39. The summed E-state index contributed by atoms with van der Waals surface area (Å²) in [6.07, 6.45) is 6.21. The zero-order valence-electron chi connectivity index (χ0n) is 13.3. The van der Waals surface area contributed by atoms with E-state index in [-0.39, 0.29) is 0 Å². The summed E-state index contributed by atoms with van der Waals surface area (Å²) in [4.78, 5) is 9.03. The normalized spacial score (nSPS) is 14.0. The molecule has 0 radical (unpaired) electrons. The molecule has 5 heteroatoms. The Hall–Kier alpha value is -2.69. The van der Waals surface area contributed by atoms with Crippen molar-refractivity contribution in [3.63, 3.8) is 0 Å². The summed E-state index contributed by atoms with van der Waals surface area (Å²) < 4.78 is 1.93. The lowest BCUT2D eigenvalue weighted by molar-refractivity contribution is 0.884. The lowest BCUT2D eigenvalue weighted by Gasteiger charge is -2.06. The van der Waals surface area contributed by atoms with Gasteiger partial charge in [-0.25, -0.2) is 14.6 Å². The molecule has 0 spiro atoms. The molecule has 23 heavy (non-hydrogen) atoms. The molecule has 5 nitrogen and oxygen atoms in total. The Balaban J connectivity index is 1.78. The highest BCUT2D eigenvalue weighted by atomic mass is 15.3. The first-order chi connectivity index (χ1) is 11.3. The molecule has 1 aliphatic carbocycles. The Kier molecular flexibility index (Phi) is 3.33. The number of aromatic nitrogens is 4. The van der Waals surface area contributed by atoms with E-state index in [0.717, 1.165) is 34.2 Å². The summed E-state index contributed by atoms with van der Waals surface area (Å²) in [6.45, 7) is 2.07. The number of benzene rings is 1. The highest BCUT2D eigenvalue weighted by molar-refractivity contribution is 5.69. The lowest BCUT2D eigenvalue weighted by atomic mass is 10.1. The Labute approximate surface area is 135 Å². The van der Waals surface area contributed by atoms with Crippen molar-refractivity contribution in [1.29, 1.82) is 0 Å². The molecule has 0 saturated heterocycles. The van der Waals surface area contributed by atoms with Crippen molar-refractivity contribution in [1.82, 2.24) is 19.7 Å². The maximum atomic E-state index is 4.79. The molecule has 0 aliphatic heterocycles. The van der Waals surface area contributed by atoms with Gasteiger partial charge < -0.3 is 5.32 Å². The van der Waals surface area contributed by atoms with Crippen LogP contribution in [0.3, 0.4) is 0 Å². The fraction of sp³-hybridized carbons (Fsp3) is 0.278. The van der Waals surface area contributed by atoms with Crippen molar-refractivity contribution in [3.8, 4) is 16.9 Å². The Bertz CT molecular complexity index is 817. The van der Waals surface area contributed by atoms with Gasteiger partial charge >= 0.3 is 0 Å². The van der Waals surface area contributed by atoms with Crippen molar-refractivity contribution in [2.24, 2.45) is 0 Å². The molecule has 116 valence electrons. The molecule has 1 aromatic carbocycles. The number of anilines is 1. The number of nitrogens with one attached hydrogen (secondary N) is 1. The van der Waals surface area contributed by atoms with Gasteiger partial charge in [0.2, 0.25) is 0 Å². The van der Waals surface area contributed by atoms with Crippen molar-refractivity contribution >= 4 is 5.82 Å². The second-order valence-electron chi connectivity index (χ2n) is 5.92. The minimum Gasteiger partial charge on any atom is -0.373 e. The van der Waals surface area contributed by atoms with E-state index in [1.807, 2.05) is 54.5 Å². The zero-order valence-corrected chi connectivity index (χ0v) is 13.3. The number of nitrogens with zero attached hydrogens (tertiary/aromatic N) is 4. The van der Waals surface area contributed by atoms with Crippen molar-refractivity contribution in [2.45, 2.75) is 25.7 Å². The van der Waals surface area contributed by atoms with Gasteiger partial charge in [-0.05, 0) is 31.9 Å². The third-order valence-electron chi connectivity index (χ3n) is 4.25. The second-order valence-corrected chi connectivity index (χ2v) is 5.92. The van der Waals surface area contributed by atoms with Crippen LogP contribution in [0.25, 0.3) is 16.9 Å². The quantitative estimate of drug-likeness (QED) is 0.801. The van der Waals surface area contributed by atoms with E-state index >= 15 is 0 Å². The first-order valence-electron chi connectivity index (χ1n) is 7.93. The van der Waals surface area contributed by atoms with Gasteiger partial charge in [0.1, 0.15) is 17.3 Å². The molecule has 3 aromatic rings. The van der Waals surface area contributed by atoms with Crippen LogP contribution < -0.4 is 5.32 Å². The summed E-state index contributed by atoms with van der Waals surface area (Å²) in [5.74, 6) is 2.51. The molecule has 1 N–H and O–H groups in total. The van der Waals surface area contributed by atoms with Crippen molar-refractivity contribution in [2.75, 3.05) is 12.4 Å². The summed E-state index contributed by atoms with van der Waals surface area (Å²) >= 11 is 0. The SMILES string of the molecule is CNc1c(C)c(-c2cnc(C3CC3)nc2)nn1-c1ccccc1. The molecule has 0 atom stereocenters. The first kappa shape index (κ1) is 13.9. The van der Waals surface area contributed by atoms with Crippen LogP contribution in [0.5, 0.6) is 0 Å². The van der Waals surface area contributed by atoms with E-state index in [4.69, 9.17) is 5.10 Å². The molecule has 1 aliphatic rings. The summed E-state index contributed by atoms with van der Waals surface area (Å²) in [5, 5.41) is 8.04. The predicted molar refractivity (Wildman–Crippen MR) is 90.8 cm³/mol. The van der Waals surface area contributed by atoms with E-state index in [2.05, 4.69) is 22.2 Å². The topological polar surface area (TPSA) is 55.6 Å². The molecule has 2 aromatic heterocycles. The lowest BCUT2D eigenvalue weighted by Crippen LogP contribution is -2.02. The van der Waals surface area contributed by atoms with Crippen LogP contribution in [0.1, 0.15) is 30.1 Å². The number of hydrogen-bond acceptors (Lipinski definition) is 4. The van der Waals surface area contributed by atoms with Crippen LogP contribution in [0.15, 0.2) is 42.7 Å².